The van der Waals surface area contributed by atoms with Crippen LogP contribution in [0.3, 0.4) is 0 Å². The molecule has 0 saturated carbocycles. The molecule has 6 nitrogen and oxygen atoms in total. The number of amides is 1. The van der Waals surface area contributed by atoms with Gasteiger partial charge in [-0.1, -0.05) is 23.7 Å². The van der Waals surface area contributed by atoms with E-state index in [1.807, 2.05) is 44.2 Å². The fourth-order valence-corrected chi connectivity index (χ4v) is 2.98. The number of nitrogens with one attached hydrogen (secondary N) is 1. The summed E-state index contributed by atoms with van der Waals surface area (Å²) in [5.41, 5.74) is 4.03. The Morgan fingerprint density at radius 3 is 2.67 bits per heavy atom. The van der Waals surface area contributed by atoms with E-state index in [9.17, 15) is 4.79 Å². The number of benzene rings is 2. The third-order valence-corrected chi connectivity index (χ3v) is 4.55. The van der Waals surface area contributed by atoms with Gasteiger partial charge in [-0.15, -0.1) is 5.10 Å². The predicted molar refractivity (Wildman–Crippen MR) is 104 cm³/mol. The molecule has 27 heavy (non-hydrogen) atoms. The summed E-state index contributed by atoms with van der Waals surface area (Å²) >= 11 is 5.87. The highest BCUT2D eigenvalue weighted by molar-refractivity contribution is 6.30. The molecular formula is C20H17ClN4O2. The first kappa shape index (κ1) is 17.3. The van der Waals surface area contributed by atoms with Crippen LogP contribution in [0.15, 0.2) is 53.1 Å². The van der Waals surface area contributed by atoms with Crippen molar-refractivity contribution in [3.63, 3.8) is 0 Å². The lowest BCUT2D eigenvalue weighted by Crippen LogP contribution is -2.15. The summed E-state index contributed by atoms with van der Waals surface area (Å²) < 4.78 is 7.39. The van der Waals surface area contributed by atoms with Crippen LogP contribution in [0.2, 0.25) is 5.02 Å². The number of halogens is 1. The molecule has 0 saturated heterocycles. The topological polar surface area (TPSA) is 72.4 Å². The first-order valence-corrected chi connectivity index (χ1v) is 8.84. The Hall–Kier alpha value is -3.12. The Bertz CT molecular complexity index is 1130. The number of aromatic nitrogens is 3. The van der Waals surface area contributed by atoms with Crippen LogP contribution in [0.1, 0.15) is 17.0 Å². The van der Waals surface area contributed by atoms with Crippen LogP contribution in [0, 0.1) is 13.8 Å². The second kappa shape index (κ2) is 6.89. The van der Waals surface area contributed by atoms with Crippen LogP contribution in [0.5, 0.6) is 0 Å². The second-order valence-corrected chi connectivity index (χ2v) is 6.78. The van der Waals surface area contributed by atoms with Crippen molar-refractivity contribution in [2.45, 2.75) is 20.3 Å². The van der Waals surface area contributed by atoms with Gasteiger partial charge < -0.3 is 9.73 Å². The summed E-state index contributed by atoms with van der Waals surface area (Å²) in [5.74, 6) is 1.20. The van der Waals surface area contributed by atoms with Gasteiger partial charge in [-0.2, -0.15) is 4.52 Å². The number of hydrogen-bond donors (Lipinski definition) is 1. The summed E-state index contributed by atoms with van der Waals surface area (Å²) in [5, 5.41) is 8.02. The van der Waals surface area contributed by atoms with E-state index in [1.54, 1.807) is 22.8 Å². The third kappa shape index (κ3) is 3.57. The molecule has 1 amide bonds. The molecule has 4 aromatic rings. The minimum Gasteiger partial charge on any atom is -0.417 e. The van der Waals surface area contributed by atoms with E-state index in [0.717, 1.165) is 28.2 Å². The molecule has 0 atom stereocenters. The molecule has 2 aromatic carbocycles. The molecule has 0 aliphatic rings. The maximum Gasteiger partial charge on any atom is 0.246 e. The zero-order chi connectivity index (χ0) is 19.0. The van der Waals surface area contributed by atoms with Gasteiger partial charge in [0, 0.05) is 16.3 Å². The molecule has 0 aliphatic carbocycles. The van der Waals surface area contributed by atoms with Gasteiger partial charge in [-0.3, -0.25) is 4.79 Å². The Morgan fingerprint density at radius 1 is 1.19 bits per heavy atom. The van der Waals surface area contributed by atoms with Gasteiger partial charge in [-0.25, -0.2) is 4.98 Å². The highest BCUT2D eigenvalue weighted by Crippen LogP contribution is 2.25. The van der Waals surface area contributed by atoms with E-state index in [0.29, 0.717) is 16.6 Å². The van der Waals surface area contributed by atoms with Crippen molar-refractivity contribution in [3.8, 4) is 11.5 Å². The number of hydrogen-bond acceptors (Lipinski definition) is 4. The van der Waals surface area contributed by atoms with Crippen molar-refractivity contribution >= 4 is 28.9 Å². The van der Waals surface area contributed by atoms with Crippen LogP contribution in [0.25, 0.3) is 17.2 Å². The standard InChI is InChI=1S/C20H17ClN4O2/c1-12-9-15(20-24-25-13(2)22-11-19(25)27-20)5-8-17(12)23-18(26)10-14-3-6-16(21)7-4-14/h3-9,11H,10H2,1-2H3,(H,23,26). The van der Waals surface area contributed by atoms with Crippen LogP contribution in [-0.4, -0.2) is 20.5 Å². The van der Waals surface area contributed by atoms with E-state index in [4.69, 9.17) is 16.0 Å². The first-order valence-electron chi connectivity index (χ1n) is 8.46. The smallest absolute Gasteiger partial charge is 0.246 e. The lowest BCUT2D eigenvalue weighted by Gasteiger charge is -2.09. The molecule has 136 valence electrons. The Kier molecular flexibility index (Phi) is 4.41. The van der Waals surface area contributed by atoms with Gasteiger partial charge in [0.05, 0.1) is 12.6 Å². The van der Waals surface area contributed by atoms with Gasteiger partial charge in [0.15, 0.2) is 0 Å². The van der Waals surface area contributed by atoms with Crippen molar-refractivity contribution < 1.29 is 9.21 Å². The van der Waals surface area contributed by atoms with Crippen molar-refractivity contribution in [2.75, 3.05) is 5.32 Å². The minimum absolute atomic E-state index is 0.0831. The normalized spacial score (nSPS) is 11.1. The average molecular weight is 381 g/mol. The number of fused-ring (bicyclic) bond motifs is 1. The van der Waals surface area contributed by atoms with E-state index < -0.39 is 0 Å². The summed E-state index contributed by atoms with van der Waals surface area (Å²) in [6.07, 6.45) is 1.93. The fourth-order valence-electron chi connectivity index (χ4n) is 2.85. The summed E-state index contributed by atoms with van der Waals surface area (Å²) in [7, 11) is 0. The van der Waals surface area contributed by atoms with E-state index in [1.165, 1.54) is 0 Å². The summed E-state index contributed by atoms with van der Waals surface area (Å²) in [6, 6.07) is 12.9. The number of nitrogens with zero attached hydrogens (tertiary/aromatic N) is 3. The molecule has 2 heterocycles. The maximum atomic E-state index is 12.3. The largest absolute Gasteiger partial charge is 0.417 e. The van der Waals surface area contributed by atoms with Crippen LogP contribution < -0.4 is 5.32 Å². The third-order valence-electron chi connectivity index (χ3n) is 4.29. The quantitative estimate of drug-likeness (QED) is 0.568. The van der Waals surface area contributed by atoms with Gasteiger partial charge in [0.1, 0.15) is 5.82 Å². The molecule has 2 aromatic heterocycles. The van der Waals surface area contributed by atoms with Crippen LogP contribution >= 0.6 is 11.6 Å². The number of carbonyl (C=O) groups excluding carboxylic acids is 1. The molecule has 0 bridgehead atoms. The van der Waals surface area contributed by atoms with E-state index >= 15 is 0 Å². The number of imidazole rings is 1. The molecule has 0 unspecified atom stereocenters. The molecule has 1 N–H and O–H groups in total. The molecule has 4 rings (SSSR count). The summed E-state index contributed by atoms with van der Waals surface area (Å²) in [6.45, 7) is 3.80. The lowest BCUT2D eigenvalue weighted by molar-refractivity contribution is -0.115. The van der Waals surface area contributed by atoms with Gasteiger partial charge in [-0.05, 0) is 55.3 Å². The zero-order valence-electron chi connectivity index (χ0n) is 14.9. The molecule has 0 radical (unpaired) electrons. The first-order chi connectivity index (χ1) is 13.0. The van der Waals surface area contributed by atoms with Crippen molar-refractivity contribution in [1.82, 2.24) is 14.6 Å². The molecule has 0 spiro atoms. The minimum atomic E-state index is -0.0831. The van der Waals surface area contributed by atoms with E-state index in [-0.39, 0.29) is 12.3 Å². The average Bonchev–Trinajstić information content (AvgIpc) is 3.21. The molecule has 0 fully saturated rings. The summed E-state index contributed by atoms with van der Waals surface area (Å²) in [4.78, 5) is 16.5. The highest BCUT2D eigenvalue weighted by atomic mass is 35.5. The van der Waals surface area contributed by atoms with Gasteiger partial charge in [0.2, 0.25) is 17.5 Å². The number of aryl methyl sites for hydroxylation is 2. The fraction of sp³-hybridized carbons (Fsp3) is 0.150. The monoisotopic (exact) mass is 380 g/mol. The number of anilines is 1. The zero-order valence-corrected chi connectivity index (χ0v) is 15.6. The highest BCUT2D eigenvalue weighted by Gasteiger charge is 2.13. The van der Waals surface area contributed by atoms with Crippen molar-refractivity contribution in [1.29, 1.82) is 0 Å². The maximum absolute atomic E-state index is 12.3. The number of carbonyl (C=O) groups is 1. The van der Waals surface area contributed by atoms with Crippen molar-refractivity contribution in [3.05, 3.63) is 70.6 Å². The Morgan fingerprint density at radius 2 is 1.96 bits per heavy atom. The second-order valence-electron chi connectivity index (χ2n) is 6.34. The molecular weight excluding hydrogens is 364 g/mol. The van der Waals surface area contributed by atoms with Crippen LogP contribution in [0.4, 0.5) is 5.69 Å². The SMILES string of the molecule is Cc1cc(-c2nn3c(C)ncc3o2)ccc1NC(=O)Cc1ccc(Cl)cc1. The van der Waals surface area contributed by atoms with Gasteiger partial charge >= 0.3 is 0 Å². The lowest BCUT2D eigenvalue weighted by atomic mass is 10.1. The molecule has 7 heteroatoms. The van der Waals surface area contributed by atoms with E-state index in [2.05, 4.69) is 15.4 Å². The van der Waals surface area contributed by atoms with Crippen molar-refractivity contribution in [2.24, 2.45) is 0 Å². The van der Waals surface area contributed by atoms with Crippen LogP contribution in [-0.2, 0) is 11.2 Å². The van der Waals surface area contributed by atoms with Gasteiger partial charge in [0.25, 0.3) is 0 Å². The number of rotatable bonds is 4. The Labute approximate surface area is 160 Å². The predicted octanol–water partition coefficient (Wildman–Crippen LogP) is 4.44. The Balaban J connectivity index is 1.51. The molecule has 0 aliphatic heterocycles.